The summed E-state index contributed by atoms with van der Waals surface area (Å²) in [7, 11) is 0. The van der Waals surface area contributed by atoms with Crippen LogP contribution in [0.3, 0.4) is 0 Å². The van der Waals surface area contributed by atoms with Crippen LogP contribution >= 0.6 is 0 Å². The van der Waals surface area contributed by atoms with E-state index in [0.29, 0.717) is 12.6 Å². The van der Waals surface area contributed by atoms with Gasteiger partial charge < -0.3 is 9.64 Å². The highest BCUT2D eigenvalue weighted by Crippen LogP contribution is 2.36. The molecular formula is C19H23NO2. The van der Waals surface area contributed by atoms with Crippen molar-refractivity contribution in [3.63, 3.8) is 0 Å². The SMILES string of the molecule is O=C(C1=Cc2ccccc2OC1)N1CCC[C@H]2CCCC[C@@H]21. The second-order valence-corrected chi connectivity index (χ2v) is 6.75. The lowest BCUT2D eigenvalue weighted by Crippen LogP contribution is -2.50. The molecule has 1 saturated heterocycles. The summed E-state index contributed by atoms with van der Waals surface area (Å²) in [4.78, 5) is 15.1. The molecule has 4 rings (SSSR count). The van der Waals surface area contributed by atoms with Crippen LogP contribution < -0.4 is 4.74 Å². The van der Waals surface area contributed by atoms with Gasteiger partial charge in [0.2, 0.25) is 0 Å². The predicted molar refractivity (Wildman–Crippen MR) is 86.6 cm³/mol. The summed E-state index contributed by atoms with van der Waals surface area (Å²) in [6.07, 6.45) is 9.55. The summed E-state index contributed by atoms with van der Waals surface area (Å²) in [5, 5.41) is 0. The molecule has 1 aromatic carbocycles. The largest absolute Gasteiger partial charge is 0.488 e. The van der Waals surface area contributed by atoms with Crippen LogP contribution in [0.15, 0.2) is 29.8 Å². The average Bonchev–Trinajstić information content (AvgIpc) is 2.60. The molecule has 3 heteroatoms. The Hall–Kier alpha value is -1.77. The molecular weight excluding hydrogens is 274 g/mol. The third-order valence-corrected chi connectivity index (χ3v) is 5.41. The van der Waals surface area contributed by atoms with Gasteiger partial charge in [0.25, 0.3) is 5.91 Å². The molecule has 22 heavy (non-hydrogen) atoms. The van der Waals surface area contributed by atoms with Gasteiger partial charge in [0, 0.05) is 18.2 Å². The molecule has 116 valence electrons. The summed E-state index contributed by atoms with van der Waals surface area (Å²) < 4.78 is 5.77. The number of nitrogens with zero attached hydrogens (tertiary/aromatic N) is 1. The van der Waals surface area contributed by atoms with E-state index in [1.165, 1.54) is 32.1 Å². The number of rotatable bonds is 1. The summed E-state index contributed by atoms with van der Waals surface area (Å²) in [6.45, 7) is 1.32. The van der Waals surface area contributed by atoms with Crippen LogP contribution in [0.4, 0.5) is 0 Å². The van der Waals surface area contributed by atoms with Gasteiger partial charge in [-0.2, -0.15) is 0 Å². The summed E-state index contributed by atoms with van der Waals surface area (Å²) >= 11 is 0. The van der Waals surface area contributed by atoms with Crippen LogP contribution in [0.2, 0.25) is 0 Å². The van der Waals surface area contributed by atoms with Crippen molar-refractivity contribution in [2.75, 3.05) is 13.2 Å². The lowest BCUT2D eigenvalue weighted by atomic mass is 9.78. The first kappa shape index (κ1) is 13.9. The van der Waals surface area contributed by atoms with Crippen molar-refractivity contribution in [3.05, 3.63) is 35.4 Å². The Kier molecular flexibility index (Phi) is 3.65. The van der Waals surface area contributed by atoms with E-state index in [2.05, 4.69) is 4.90 Å². The molecule has 0 unspecified atom stereocenters. The molecule has 0 radical (unpaired) electrons. The Morgan fingerprint density at radius 2 is 1.91 bits per heavy atom. The zero-order valence-electron chi connectivity index (χ0n) is 13.0. The van der Waals surface area contributed by atoms with Crippen molar-refractivity contribution in [2.24, 2.45) is 5.92 Å². The molecule has 2 fully saturated rings. The van der Waals surface area contributed by atoms with Crippen LogP contribution in [0.1, 0.15) is 44.1 Å². The van der Waals surface area contributed by atoms with Crippen LogP contribution in [-0.4, -0.2) is 30.0 Å². The number of carbonyl (C=O) groups excluding carboxylic acids is 1. The van der Waals surface area contributed by atoms with Crippen LogP contribution in [0.5, 0.6) is 5.75 Å². The first-order chi connectivity index (χ1) is 10.8. The van der Waals surface area contributed by atoms with Gasteiger partial charge in [-0.1, -0.05) is 31.0 Å². The molecule has 3 nitrogen and oxygen atoms in total. The van der Waals surface area contributed by atoms with Crippen molar-refractivity contribution in [3.8, 4) is 5.75 Å². The minimum Gasteiger partial charge on any atom is -0.488 e. The zero-order valence-corrected chi connectivity index (χ0v) is 13.0. The Morgan fingerprint density at radius 1 is 1.09 bits per heavy atom. The van der Waals surface area contributed by atoms with Crippen molar-refractivity contribution in [1.82, 2.24) is 4.90 Å². The van der Waals surface area contributed by atoms with E-state index < -0.39 is 0 Å². The van der Waals surface area contributed by atoms with E-state index in [-0.39, 0.29) is 5.91 Å². The molecule has 0 spiro atoms. The third kappa shape index (κ3) is 2.43. The summed E-state index contributed by atoms with van der Waals surface area (Å²) in [5.41, 5.74) is 1.83. The molecule has 3 aliphatic rings. The number of hydrogen-bond acceptors (Lipinski definition) is 2. The zero-order chi connectivity index (χ0) is 14.9. The van der Waals surface area contributed by atoms with Gasteiger partial charge >= 0.3 is 0 Å². The molecule has 0 N–H and O–H groups in total. The van der Waals surface area contributed by atoms with Gasteiger partial charge in [-0.3, -0.25) is 4.79 Å². The van der Waals surface area contributed by atoms with E-state index >= 15 is 0 Å². The highest BCUT2D eigenvalue weighted by atomic mass is 16.5. The molecule has 1 amide bonds. The molecule has 1 aromatic rings. The van der Waals surface area contributed by atoms with Gasteiger partial charge in [0.05, 0.1) is 5.57 Å². The Bertz CT molecular complexity index is 605. The maximum absolute atomic E-state index is 13.0. The summed E-state index contributed by atoms with van der Waals surface area (Å²) in [6, 6.07) is 8.40. The quantitative estimate of drug-likeness (QED) is 0.792. The fourth-order valence-corrected chi connectivity index (χ4v) is 4.30. The predicted octanol–water partition coefficient (Wildman–Crippen LogP) is 3.64. The normalized spacial score (nSPS) is 27.3. The second kappa shape index (κ2) is 5.79. The van der Waals surface area contributed by atoms with Crippen molar-refractivity contribution >= 4 is 12.0 Å². The number of amides is 1. The van der Waals surface area contributed by atoms with E-state index in [9.17, 15) is 4.79 Å². The molecule has 2 heterocycles. The molecule has 1 saturated carbocycles. The smallest absolute Gasteiger partial charge is 0.253 e. The Balaban J connectivity index is 1.58. The number of benzene rings is 1. The lowest BCUT2D eigenvalue weighted by Gasteiger charge is -2.44. The first-order valence-corrected chi connectivity index (χ1v) is 8.56. The number of para-hydroxylation sites is 1. The van der Waals surface area contributed by atoms with Crippen molar-refractivity contribution in [2.45, 2.75) is 44.6 Å². The number of carbonyl (C=O) groups is 1. The van der Waals surface area contributed by atoms with Crippen molar-refractivity contribution < 1.29 is 9.53 Å². The number of likely N-dealkylation sites (tertiary alicyclic amines) is 1. The fourth-order valence-electron chi connectivity index (χ4n) is 4.30. The maximum Gasteiger partial charge on any atom is 0.253 e. The molecule has 0 bridgehead atoms. The maximum atomic E-state index is 13.0. The monoisotopic (exact) mass is 297 g/mol. The van der Waals surface area contributed by atoms with Gasteiger partial charge in [-0.15, -0.1) is 0 Å². The number of piperidine rings is 1. The van der Waals surface area contributed by atoms with E-state index in [1.807, 2.05) is 30.3 Å². The first-order valence-electron chi connectivity index (χ1n) is 8.56. The van der Waals surface area contributed by atoms with Crippen LogP contribution in [0, 0.1) is 5.92 Å². The van der Waals surface area contributed by atoms with E-state index in [1.54, 1.807) is 0 Å². The minimum atomic E-state index is 0.200. The fraction of sp³-hybridized carbons (Fsp3) is 0.526. The highest BCUT2D eigenvalue weighted by molar-refractivity contribution is 5.99. The third-order valence-electron chi connectivity index (χ3n) is 5.41. The molecule has 0 aromatic heterocycles. The van der Waals surface area contributed by atoms with E-state index in [0.717, 1.165) is 35.8 Å². The van der Waals surface area contributed by atoms with Crippen LogP contribution in [-0.2, 0) is 4.79 Å². The number of fused-ring (bicyclic) bond motifs is 2. The standard InChI is InChI=1S/C19H23NO2/c21-19(16-12-15-7-2-4-10-18(15)22-13-16)20-11-5-8-14-6-1-3-9-17(14)20/h2,4,7,10,12,14,17H,1,3,5-6,8-9,11,13H2/t14-,17+/m1/s1. The summed E-state index contributed by atoms with van der Waals surface area (Å²) in [5.74, 6) is 1.81. The molecule has 2 atom stereocenters. The Labute approximate surface area is 132 Å². The van der Waals surface area contributed by atoms with Gasteiger partial charge in [-0.25, -0.2) is 0 Å². The van der Waals surface area contributed by atoms with Crippen LogP contribution in [0.25, 0.3) is 6.08 Å². The van der Waals surface area contributed by atoms with Crippen molar-refractivity contribution in [1.29, 1.82) is 0 Å². The average molecular weight is 297 g/mol. The van der Waals surface area contributed by atoms with Gasteiger partial charge in [0.15, 0.2) is 0 Å². The highest BCUT2D eigenvalue weighted by Gasteiger charge is 2.36. The lowest BCUT2D eigenvalue weighted by molar-refractivity contribution is -0.133. The minimum absolute atomic E-state index is 0.200. The topological polar surface area (TPSA) is 29.5 Å². The second-order valence-electron chi connectivity index (χ2n) is 6.75. The number of ether oxygens (including phenoxy) is 1. The Morgan fingerprint density at radius 3 is 2.86 bits per heavy atom. The van der Waals surface area contributed by atoms with E-state index in [4.69, 9.17) is 4.74 Å². The number of hydrogen-bond donors (Lipinski definition) is 0. The van der Waals surface area contributed by atoms with Gasteiger partial charge in [0.1, 0.15) is 12.4 Å². The van der Waals surface area contributed by atoms with Gasteiger partial charge in [-0.05, 0) is 43.7 Å². The molecule has 1 aliphatic carbocycles. The molecule has 2 aliphatic heterocycles.